The summed E-state index contributed by atoms with van der Waals surface area (Å²) >= 11 is 5.21. The zero-order valence-electron chi connectivity index (χ0n) is 19.0. The molecule has 2 amide bonds. The summed E-state index contributed by atoms with van der Waals surface area (Å²) in [5, 5.41) is 14.0. The summed E-state index contributed by atoms with van der Waals surface area (Å²) in [5.41, 5.74) is 1.77. The second kappa shape index (κ2) is 11.4. The van der Waals surface area contributed by atoms with Crippen LogP contribution in [0.3, 0.4) is 0 Å². The molecule has 0 bridgehead atoms. The summed E-state index contributed by atoms with van der Waals surface area (Å²) in [6.45, 7) is 1.70. The van der Waals surface area contributed by atoms with Gasteiger partial charge in [-0.05, 0) is 58.4 Å². The van der Waals surface area contributed by atoms with Gasteiger partial charge in [0.25, 0.3) is 11.8 Å². The molecule has 1 aromatic heterocycles. The first-order chi connectivity index (χ1) is 16.9. The van der Waals surface area contributed by atoms with Crippen molar-refractivity contribution in [2.75, 3.05) is 42.3 Å². The van der Waals surface area contributed by atoms with Crippen molar-refractivity contribution in [1.82, 2.24) is 9.88 Å². The van der Waals surface area contributed by atoms with Gasteiger partial charge in [-0.15, -0.1) is 0 Å². The molecule has 0 atom stereocenters. The highest BCUT2D eigenvalue weighted by Gasteiger charge is 2.18. The third-order valence-corrected chi connectivity index (χ3v) is 6.85. The van der Waals surface area contributed by atoms with Crippen LogP contribution in [0, 0.1) is 5.41 Å². The highest BCUT2D eigenvalue weighted by atomic mass is 79.9. The summed E-state index contributed by atoms with van der Waals surface area (Å²) in [6, 6.07) is 15.2. The van der Waals surface area contributed by atoms with Gasteiger partial charge in [0.15, 0.2) is 0 Å². The number of benzene rings is 2. The third-order valence-electron chi connectivity index (χ3n) is 5.44. The minimum atomic E-state index is -0.433. The molecule has 1 aliphatic heterocycles. The van der Waals surface area contributed by atoms with Crippen LogP contribution in [-0.4, -0.2) is 59.2 Å². The molecule has 0 saturated carbocycles. The van der Waals surface area contributed by atoms with Crippen LogP contribution in [0.25, 0.3) is 0 Å². The van der Waals surface area contributed by atoms with E-state index in [0.29, 0.717) is 28.7 Å². The normalized spacial score (nSPS) is 13.1. The molecule has 10 heteroatoms. The van der Waals surface area contributed by atoms with Gasteiger partial charge < -0.3 is 20.3 Å². The Balaban J connectivity index is 1.49. The fourth-order valence-electron chi connectivity index (χ4n) is 3.52. The van der Waals surface area contributed by atoms with Crippen LogP contribution < -0.4 is 15.4 Å². The van der Waals surface area contributed by atoms with E-state index in [1.165, 1.54) is 7.11 Å². The first kappa shape index (κ1) is 24.7. The van der Waals surface area contributed by atoms with Gasteiger partial charge in [0, 0.05) is 46.4 Å². The van der Waals surface area contributed by atoms with E-state index in [4.69, 9.17) is 10.1 Å². The molecule has 2 heterocycles. The molecule has 1 aliphatic rings. The number of nitrogens with zero attached hydrogens (tertiary/aromatic N) is 2. The molecule has 35 heavy (non-hydrogen) atoms. The van der Waals surface area contributed by atoms with E-state index >= 15 is 0 Å². The number of halogens is 1. The number of nitrogens with one attached hydrogen (secondary N) is 3. The van der Waals surface area contributed by atoms with Gasteiger partial charge in [-0.2, -0.15) is 11.8 Å². The van der Waals surface area contributed by atoms with Crippen LogP contribution >= 0.6 is 27.7 Å². The first-order valence-corrected chi connectivity index (χ1v) is 12.8. The number of ether oxygens (including phenoxy) is 1. The summed E-state index contributed by atoms with van der Waals surface area (Å²) in [5.74, 6) is 2.56. The van der Waals surface area contributed by atoms with Crippen molar-refractivity contribution in [3.63, 3.8) is 0 Å². The number of hydrogen-bond donors (Lipinski definition) is 3. The summed E-state index contributed by atoms with van der Waals surface area (Å²) in [6.07, 6.45) is 1.58. The third kappa shape index (κ3) is 6.20. The van der Waals surface area contributed by atoms with Crippen LogP contribution in [0.2, 0.25) is 0 Å². The van der Waals surface area contributed by atoms with Crippen molar-refractivity contribution < 1.29 is 14.3 Å². The molecule has 4 rings (SSSR count). The Morgan fingerprint density at radius 3 is 2.37 bits per heavy atom. The van der Waals surface area contributed by atoms with Crippen LogP contribution in [-0.2, 0) is 0 Å². The number of anilines is 2. The monoisotopic (exact) mass is 553 g/mol. The summed E-state index contributed by atoms with van der Waals surface area (Å²) < 4.78 is 6.05. The lowest BCUT2D eigenvalue weighted by Gasteiger charge is -2.28. The predicted octanol–water partition coefficient (Wildman–Crippen LogP) is 4.73. The Morgan fingerprint density at radius 1 is 1.00 bits per heavy atom. The molecule has 0 radical (unpaired) electrons. The van der Waals surface area contributed by atoms with Gasteiger partial charge in [-0.1, -0.05) is 12.1 Å². The standard InChI is InChI=1S/C25H24BrN5O3S/c1-34-19-7-8-21(20(14-19)25(33)30-22-9-6-18(26)15-28-22)29-24(32)17-4-2-16(3-5-17)23(27)31-10-12-35-13-11-31/h2-9,14-15,27H,10-13H2,1H3,(H,29,32)(H,28,30,33). The fourth-order valence-corrected chi connectivity index (χ4v) is 4.66. The van der Waals surface area contributed by atoms with E-state index in [-0.39, 0.29) is 11.5 Å². The number of hydrogen-bond acceptors (Lipinski definition) is 6. The van der Waals surface area contributed by atoms with Gasteiger partial charge in [-0.25, -0.2) is 4.98 Å². The number of amides is 2. The lowest BCUT2D eigenvalue weighted by molar-refractivity contribution is 0.102. The molecule has 0 unspecified atom stereocenters. The molecule has 3 aromatic rings. The molecule has 180 valence electrons. The first-order valence-electron chi connectivity index (χ1n) is 10.9. The van der Waals surface area contributed by atoms with Crippen LogP contribution in [0.1, 0.15) is 26.3 Å². The van der Waals surface area contributed by atoms with E-state index in [2.05, 4.69) is 31.5 Å². The number of rotatable bonds is 6. The maximum absolute atomic E-state index is 13.0. The molecule has 0 spiro atoms. The molecule has 0 aliphatic carbocycles. The smallest absolute Gasteiger partial charge is 0.259 e. The Labute approximate surface area is 216 Å². The highest BCUT2D eigenvalue weighted by molar-refractivity contribution is 9.10. The van der Waals surface area contributed by atoms with Crippen molar-refractivity contribution in [1.29, 1.82) is 5.41 Å². The van der Waals surface area contributed by atoms with Gasteiger partial charge >= 0.3 is 0 Å². The molecule has 3 N–H and O–H groups in total. The number of carbonyl (C=O) groups is 2. The molecular weight excluding hydrogens is 530 g/mol. The van der Waals surface area contributed by atoms with Crippen molar-refractivity contribution in [3.05, 3.63) is 82.0 Å². The van der Waals surface area contributed by atoms with E-state index < -0.39 is 5.91 Å². The maximum atomic E-state index is 13.0. The van der Waals surface area contributed by atoms with Gasteiger partial charge in [0.2, 0.25) is 0 Å². The van der Waals surface area contributed by atoms with E-state index in [9.17, 15) is 9.59 Å². The number of aromatic nitrogens is 1. The Hall–Kier alpha value is -3.37. The largest absolute Gasteiger partial charge is 0.497 e. The number of amidine groups is 1. The van der Waals surface area contributed by atoms with Crippen molar-refractivity contribution >= 4 is 56.8 Å². The molecule has 1 fully saturated rings. The van der Waals surface area contributed by atoms with Gasteiger partial charge in [0.1, 0.15) is 17.4 Å². The molecule has 8 nitrogen and oxygen atoms in total. The van der Waals surface area contributed by atoms with E-state index in [0.717, 1.165) is 34.6 Å². The predicted molar refractivity (Wildman–Crippen MR) is 143 cm³/mol. The van der Waals surface area contributed by atoms with E-state index in [1.54, 1.807) is 60.8 Å². The minimum Gasteiger partial charge on any atom is -0.497 e. The Bertz CT molecular complexity index is 1230. The Morgan fingerprint density at radius 2 is 1.71 bits per heavy atom. The number of pyridine rings is 1. The van der Waals surface area contributed by atoms with Crippen molar-refractivity contribution in [2.24, 2.45) is 0 Å². The van der Waals surface area contributed by atoms with Crippen molar-refractivity contribution in [3.8, 4) is 5.75 Å². The van der Waals surface area contributed by atoms with Crippen LogP contribution in [0.15, 0.2) is 65.3 Å². The summed E-state index contributed by atoms with van der Waals surface area (Å²) in [7, 11) is 1.51. The lowest BCUT2D eigenvalue weighted by Crippen LogP contribution is -2.37. The average Bonchev–Trinajstić information content (AvgIpc) is 2.90. The second-order valence-corrected chi connectivity index (χ2v) is 9.85. The number of thioether (sulfide) groups is 1. The fraction of sp³-hybridized carbons (Fsp3) is 0.200. The molecule has 2 aromatic carbocycles. The Kier molecular flexibility index (Phi) is 8.04. The maximum Gasteiger partial charge on any atom is 0.259 e. The van der Waals surface area contributed by atoms with Gasteiger partial charge in [-0.3, -0.25) is 15.0 Å². The zero-order chi connectivity index (χ0) is 24.8. The van der Waals surface area contributed by atoms with Crippen LogP contribution in [0.4, 0.5) is 11.5 Å². The van der Waals surface area contributed by atoms with Crippen molar-refractivity contribution in [2.45, 2.75) is 0 Å². The number of methoxy groups -OCH3 is 1. The zero-order valence-corrected chi connectivity index (χ0v) is 21.4. The molecular formula is C25H24BrN5O3S. The van der Waals surface area contributed by atoms with E-state index in [1.807, 2.05) is 16.7 Å². The lowest BCUT2D eigenvalue weighted by atomic mass is 10.1. The second-order valence-electron chi connectivity index (χ2n) is 7.71. The highest BCUT2D eigenvalue weighted by Crippen LogP contribution is 2.24. The topological polar surface area (TPSA) is 107 Å². The SMILES string of the molecule is COc1ccc(NC(=O)c2ccc(C(=N)N3CCSCC3)cc2)c(C(=O)Nc2ccc(Br)cn2)c1. The quantitative estimate of drug-likeness (QED) is 0.301. The average molecular weight is 554 g/mol. The number of carbonyl (C=O) groups excluding carboxylic acids is 2. The minimum absolute atomic E-state index is 0.240. The van der Waals surface area contributed by atoms with Crippen LogP contribution in [0.5, 0.6) is 5.75 Å². The summed E-state index contributed by atoms with van der Waals surface area (Å²) in [4.78, 5) is 32.2. The molecule has 1 saturated heterocycles. The van der Waals surface area contributed by atoms with Gasteiger partial charge in [0.05, 0.1) is 18.4 Å².